The maximum atomic E-state index is 5.38. The highest BCUT2D eigenvalue weighted by Gasteiger charge is 2.21. The van der Waals surface area contributed by atoms with E-state index in [9.17, 15) is 0 Å². The van der Waals surface area contributed by atoms with Gasteiger partial charge in [0.2, 0.25) is 5.89 Å². The van der Waals surface area contributed by atoms with Gasteiger partial charge in [-0.3, -0.25) is 4.90 Å². The summed E-state index contributed by atoms with van der Waals surface area (Å²) in [6.07, 6.45) is 4.44. The molecule has 0 aliphatic carbocycles. The molecule has 1 atom stereocenters. The Bertz CT molecular complexity index is 384. The molecule has 3 rings (SSSR count). The van der Waals surface area contributed by atoms with Gasteiger partial charge in [0.15, 0.2) is 5.82 Å². The van der Waals surface area contributed by atoms with Crippen LogP contribution in [0, 0.1) is 0 Å². The van der Waals surface area contributed by atoms with Crippen LogP contribution < -0.4 is 5.32 Å². The molecule has 0 bridgehead atoms. The van der Waals surface area contributed by atoms with Crippen molar-refractivity contribution < 1.29 is 9.26 Å². The summed E-state index contributed by atoms with van der Waals surface area (Å²) in [7, 11) is 0. The van der Waals surface area contributed by atoms with E-state index in [1.165, 1.54) is 12.8 Å². The van der Waals surface area contributed by atoms with Crippen LogP contribution in [0.5, 0.6) is 0 Å². The minimum absolute atomic E-state index is 0.262. The van der Waals surface area contributed by atoms with Crippen LogP contribution in [-0.4, -0.2) is 54.4 Å². The van der Waals surface area contributed by atoms with Gasteiger partial charge in [0.25, 0.3) is 0 Å². The highest BCUT2D eigenvalue weighted by molar-refractivity contribution is 4.95. The summed E-state index contributed by atoms with van der Waals surface area (Å²) in [6, 6.07) is 0.262. The number of hydrogen-bond acceptors (Lipinski definition) is 6. The Morgan fingerprint density at radius 2 is 2.16 bits per heavy atom. The number of rotatable bonds is 4. The lowest BCUT2D eigenvalue weighted by Crippen LogP contribution is -2.37. The van der Waals surface area contributed by atoms with E-state index >= 15 is 0 Å². The quantitative estimate of drug-likeness (QED) is 0.868. The zero-order chi connectivity index (χ0) is 12.9. The minimum atomic E-state index is 0.262. The molecule has 106 valence electrons. The molecule has 0 amide bonds. The van der Waals surface area contributed by atoms with Gasteiger partial charge in [-0.1, -0.05) is 11.6 Å². The molecule has 6 heteroatoms. The summed E-state index contributed by atoms with van der Waals surface area (Å²) in [6.45, 7) is 5.73. The number of piperidine rings is 1. The third-order valence-electron chi connectivity index (χ3n) is 3.85. The first-order valence-electron chi connectivity index (χ1n) is 7.28. The fourth-order valence-electron chi connectivity index (χ4n) is 2.66. The Morgan fingerprint density at radius 1 is 1.26 bits per heavy atom. The van der Waals surface area contributed by atoms with E-state index in [1.807, 2.05) is 0 Å². The fourth-order valence-corrected chi connectivity index (χ4v) is 2.66. The van der Waals surface area contributed by atoms with Crippen LogP contribution in [0.1, 0.15) is 37.0 Å². The predicted molar refractivity (Wildman–Crippen MR) is 69.9 cm³/mol. The molecule has 2 aliphatic heterocycles. The maximum Gasteiger partial charge on any atom is 0.243 e. The molecule has 0 radical (unpaired) electrons. The van der Waals surface area contributed by atoms with Gasteiger partial charge in [0, 0.05) is 26.1 Å². The second-order valence-electron chi connectivity index (χ2n) is 5.26. The lowest BCUT2D eigenvalue weighted by Gasteiger charge is -2.25. The molecular formula is C13H22N4O2. The van der Waals surface area contributed by atoms with Gasteiger partial charge in [-0.25, -0.2) is 0 Å². The monoisotopic (exact) mass is 266 g/mol. The molecule has 1 N–H and O–H groups in total. The molecule has 3 heterocycles. The second kappa shape index (κ2) is 6.45. The van der Waals surface area contributed by atoms with Crippen molar-refractivity contribution in [3.05, 3.63) is 11.7 Å². The van der Waals surface area contributed by atoms with Gasteiger partial charge in [0.05, 0.1) is 19.3 Å². The molecule has 1 unspecified atom stereocenters. The number of aromatic nitrogens is 2. The molecule has 0 saturated carbocycles. The van der Waals surface area contributed by atoms with Crippen molar-refractivity contribution in [3.8, 4) is 0 Å². The summed E-state index contributed by atoms with van der Waals surface area (Å²) in [4.78, 5) is 6.91. The molecule has 2 aliphatic rings. The standard InChI is InChI=1S/C13H22N4O2/c1-2-5-14-11(3-1)13-15-12(16-19-13)4-6-17-7-9-18-10-8-17/h11,14H,1-10H2. The highest BCUT2D eigenvalue weighted by atomic mass is 16.5. The number of morpholine rings is 1. The van der Waals surface area contributed by atoms with Gasteiger partial charge in [-0.15, -0.1) is 0 Å². The first-order valence-corrected chi connectivity index (χ1v) is 7.28. The zero-order valence-corrected chi connectivity index (χ0v) is 11.3. The van der Waals surface area contributed by atoms with Gasteiger partial charge in [0.1, 0.15) is 0 Å². The molecule has 6 nitrogen and oxygen atoms in total. The van der Waals surface area contributed by atoms with E-state index in [-0.39, 0.29) is 6.04 Å². The number of nitrogens with one attached hydrogen (secondary N) is 1. The normalized spacial score (nSPS) is 25.6. The van der Waals surface area contributed by atoms with Crippen molar-refractivity contribution in [3.63, 3.8) is 0 Å². The van der Waals surface area contributed by atoms with E-state index in [1.54, 1.807) is 0 Å². The molecule has 0 aromatic carbocycles. The summed E-state index contributed by atoms with van der Waals surface area (Å²) in [5, 5.41) is 7.52. The Labute approximate surface area is 113 Å². The number of ether oxygens (including phenoxy) is 1. The number of nitrogens with zero attached hydrogens (tertiary/aromatic N) is 3. The van der Waals surface area contributed by atoms with E-state index in [2.05, 4.69) is 20.4 Å². The van der Waals surface area contributed by atoms with E-state index in [4.69, 9.17) is 9.26 Å². The van der Waals surface area contributed by atoms with Crippen LogP contribution >= 0.6 is 0 Å². The van der Waals surface area contributed by atoms with Crippen molar-refractivity contribution in [1.29, 1.82) is 0 Å². The van der Waals surface area contributed by atoms with Gasteiger partial charge in [-0.05, 0) is 19.4 Å². The van der Waals surface area contributed by atoms with Crippen LogP contribution in [-0.2, 0) is 11.2 Å². The van der Waals surface area contributed by atoms with Gasteiger partial charge in [-0.2, -0.15) is 4.98 Å². The Morgan fingerprint density at radius 3 is 2.95 bits per heavy atom. The Balaban J connectivity index is 1.49. The third-order valence-corrected chi connectivity index (χ3v) is 3.85. The summed E-state index contributed by atoms with van der Waals surface area (Å²) in [5.74, 6) is 1.59. The van der Waals surface area contributed by atoms with Crippen LogP contribution in [0.15, 0.2) is 4.52 Å². The average molecular weight is 266 g/mol. The lowest BCUT2D eigenvalue weighted by molar-refractivity contribution is 0.0381. The fraction of sp³-hybridized carbons (Fsp3) is 0.846. The van der Waals surface area contributed by atoms with Crippen molar-refractivity contribution in [2.75, 3.05) is 39.4 Å². The average Bonchev–Trinajstić information content (AvgIpc) is 2.96. The number of hydrogen-bond donors (Lipinski definition) is 1. The molecule has 1 aromatic rings. The summed E-state index contributed by atoms with van der Waals surface area (Å²) >= 11 is 0. The van der Waals surface area contributed by atoms with E-state index in [0.29, 0.717) is 0 Å². The van der Waals surface area contributed by atoms with Gasteiger partial charge < -0.3 is 14.6 Å². The Hall–Kier alpha value is -0.980. The van der Waals surface area contributed by atoms with Crippen LogP contribution in [0.3, 0.4) is 0 Å². The van der Waals surface area contributed by atoms with E-state index in [0.717, 1.165) is 63.9 Å². The van der Waals surface area contributed by atoms with Crippen molar-refractivity contribution in [1.82, 2.24) is 20.4 Å². The van der Waals surface area contributed by atoms with Crippen LogP contribution in [0.25, 0.3) is 0 Å². The third kappa shape index (κ3) is 3.52. The summed E-state index contributed by atoms with van der Waals surface area (Å²) in [5.41, 5.74) is 0. The smallest absolute Gasteiger partial charge is 0.243 e. The largest absolute Gasteiger partial charge is 0.379 e. The molecule has 2 fully saturated rings. The molecule has 19 heavy (non-hydrogen) atoms. The summed E-state index contributed by atoms with van der Waals surface area (Å²) < 4.78 is 10.7. The van der Waals surface area contributed by atoms with Crippen molar-refractivity contribution in [2.24, 2.45) is 0 Å². The van der Waals surface area contributed by atoms with Crippen LogP contribution in [0.2, 0.25) is 0 Å². The molecule has 0 spiro atoms. The van der Waals surface area contributed by atoms with Gasteiger partial charge >= 0.3 is 0 Å². The first kappa shape index (κ1) is 13.0. The van der Waals surface area contributed by atoms with Crippen LogP contribution in [0.4, 0.5) is 0 Å². The molecule has 2 saturated heterocycles. The molecule has 1 aromatic heterocycles. The zero-order valence-electron chi connectivity index (χ0n) is 11.3. The minimum Gasteiger partial charge on any atom is -0.379 e. The predicted octanol–water partition coefficient (Wildman–Crippen LogP) is 0.759. The Kier molecular flexibility index (Phi) is 4.42. The molecular weight excluding hydrogens is 244 g/mol. The van der Waals surface area contributed by atoms with Crippen molar-refractivity contribution >= 4 is 0 Å². The SMILES string of the molecule is C1CCC(c2nc(CCN3CCOCC3)no2)NC1. The maximum absolute atomic E-state index is 5.38. The second-order valence-corrected chi connectivity index (χ2v) is 5.26. The van der Waals surface area contributed by atoms with Crippen molar-refractivity contribution in [2.45, 2.75) is 31.7 Å². The lowest BCUT2D eigenvalue weighted by atomic mass is 10.1. The van der Waals surface area contributed by atoms with E-state index < -0.39 is 0 Å². The first-order chi connectivity index (χ1) is 9.42. The highest BCUT2D eigenvalue weighted by Crippen LogP contribution is 2.21. The topological polar surface area (TPSA) is 63.4 Å².